The molecule has 0 radical (unpaired) electrons. The monoisotopic (exact) mass is 394 g/mol. The molecule has 4 rings (SSSR count). The van der Waals surface area contributed by atoms with E-state index in [0.29, 0.717) is 15.8 Å². The van der Waals surface area contributed by atoms with Crippen LogP contribution in [-0.2, 0) is 4.79 Å². The average molecular weight is 395 g/mol. The summed E-state index contributed by atoms with van der Waals surface area (Å²) in [5.41, 5.74) is 0. The van der Waals surface area contributed by atoms with Crippen LogP contribution in [0.3, 0.4) is 0 Å². The summed E-state index contributed by atoms with van der Waals surface area (Å²) < 4.78 is 5.57. The van der Waals surface area contributed by atoms with E-state index >= 15 is 0 Å². The predicted octanol–water partition coefficient (Wildman–Crippen LogP) is 3.73. The van der Waals surface area contributed by atoms with E-state index in [9.17, 15) is 4.79 Å². The highest BCUT2D eigenvalue weighted by Gasteiger charge is 2.36. The Kier molecular flexibility index (Phi) is 5.44. The van der Waals surface area contributed by atoms with Crippen LogP contribution in [0, 0.1) is 17.8 Å². The van der Waals surface area contributed by atoms with Gasteiger partial charge in [-0.05, 0) is 42.7 Å². The SMILES string of the molecule is O=C(COc1ccc(Cl)c(Cl)c1)N1CCN(CC2CC3C=CC2C3)CC1. The number of hydrogen-bond acceptors (Lipinski definition) is 3. The molecule has 0 N–H and O–H groups in total. The number of hydrogen-bond donors (Lipinski definition) is 0. The van der Waals surface area contributed by atoms with Gasteiger partial charge < -0.3 is 9.64 Å². The van der Waals surface area contributed by atoms with Gasteiger partial charge in [0.2, 0.25) is 0 Å². The van der Waals surface area contributed by atoms with Gasteiger partial charge in [0, 0.05) is 38.8 Å². The Balaban J connectivity index is 1.21. The van der Waals surface area contributed by atoms with Gasteiger partial charge in [-0.3, -0.25) is 9.69 Å². The molecule has 1 saturated heterocycles. The van der Waals surface area contributed by atoms with Crippen LogP contribution in [0.25, 0.3) is 0 Å². The fraction of sp³-hybridized carbons (Fsp3) is 0.550. The van der Waals surface area contributed by atoms with Gasteiger partial charge in [0.25, 0.3) is 5.91 Å². The van der Waals surface area contributed by atoms with Crippen molar-refractivity contribution in [1.29, 1.82) is 0 Å². The molecule has 1 amide bonds. The third-order valence-electron chi connectivity index (χ3n) is 5.89. The first-order valence-corrected chi connectivity index (χ1v) is 10.1. The normalized spacial score (nSPS) is 27.9. The fourth-order valence-corrected chi connectivity index (χ4v) is 4.71. The lowest BCUT2D eigenvalue weighted by molar-refractivity contribution is -0.135. The van der Waals surface area contributed by atoms with Crippen molar-refractivity contribution in [2.75, 3.05) is 39.3 Å². The van der Waals surface area contributed by atoms with Crippen molar-refractivity contribution in [1.82, 2.24) is 9.80 Å². The number of amides is 1. The van der Waals surface area contributed by atoms with Crippen LogP contribution in [0.5, 0.6) is 5.75 Å². The van der Waals surface area contributed by atoms with Gasteiger partial charge in [-0.1, -0.05) is 35.4 Å². The number of fused-ring (bicyclic) bond motifs is 2. The van der Waals surface area contributed by atoms with E-state index in [2.05, 4.69) is 17.1 Å². The lowest BCUT2D eigenvalue weighted by atomic mass is 9.93. The Bertz CT molecular complexity index is 701. The summed E-state index contributed by atoms with van der Waals surface area (Å²) in [5, 5.41) is 0.910. The average Bonchev–Trinajstić information content (AvgIpc) is 3.26. The topological polar surface area (TPSA) is 32.8 Å². The quantitative estimate of drug-likeness (QED) is 0.713. The molecular formula is C20H24Cl2N2O2. The Morgan fingerprint density at radius 2 is 1.88 bits per heavy atom. The maximum Gasteiger partial charge on any atom is 0.260 e. The minimum atomic E-state index is 0.0265. The zero-order valence-electron chi connectivity index (χ0n) is 14.7. The molecule has 2 fully saturated rings. The molecule has 3 aliphatic rings. The predicted molar refractivity (Wildman–Crippen MR) is 104 cm³/mol. The minimum Gasteiger partial charge on any atom is -0.484 e. The van der Waals surface area contributed by atoms with E-state index in [-0.39, 0.29) is 12.5 Å². The molecule has 1 heterocycles. The molecule has 26 heavy (non-hydrogen) atoms. The lowest BCUT2D eigenvalue weighted by Gasteiger charge is -2.36. The zero-order valence-corrected chi connectivity index (χ0v) is 16.3. The van der Waals surface area contributed by atoms with Crippen molar-refractivity contribution < 1.29 is 9.53 Å². The molecule has 1 aromatic carbocycles. The van der Waals surface area contributed by atoms with Gasteiger partial charge in [-0.2, -0.15) is 0 Å². The largest absolute Gasteiger partial charge is 0.484 e. The van der Waals surface area contributed by atoms with Gasteiger partial charge >= 0.3 is 0 Å². The molecule has 1 aliphatic heterocycles. The highest BCUT2D eigenvalue weighted by Crippen LogP contribution is 2.43. The third kappa shape index (κ3) is 4.03. The van der Waals surface area contributed by atoms with Gasteiger partial charge in [-0.25, -0.2) is 0 Å². The summed E-state index contributed by atoms with van der Waals surface area (Å²) in [4.78, 5) is 16.8. The fourth-order valence-electron chi connectivity index (χ4n) is 4.42. The third-order valence-corrected chi connectivity index (χ3v) is 6.63. The first kappa shape index (κ1) is 18.1. The van der Waals surface area contributed by atoms with Crippen LogP contribution in [0.15, 0.2) is 30.4 Å². The molecule has 1 aromatic rings. The molecule has 3 atom stereocenters. The van der Waals surface area contributed by atoms with Crippen molar-refractivity contribution in [2.24, 2.45) is 17.8 Å². The number of ether oxygens (including phenoxy) is 1. The number of allylic oxidation sites excluding steroid dienone is 2. The van der Waals surface area contributed by atoms with E-state index in [0.717, 1.165) is 43.9 Å². The summed E-state index contributed by atoms with van der Waals surface area (Å²) in [7, 11) is 0. The van der Waals surface area contributed by atoms with Gasteiger partial charge in [-0.15, -0.1) is 0 Å². The summed E-state index contributed by atoms with van der Waals surface area (Å²) in [6, 6.07) is 5.04. The van der Waals surface area contributed by atoms with Crippen LogP contribution in [-0.4, -0.2) is 55.0 Å². The Hall–Kier alpha value is -1.23. The molecule has 3 unspecified atom stereocenters. The molecule has 2 aliphatic carbocycles. The van der Waals surface area contributed by atoms with Gasteiger partial charge in [0.15, 0.2) is 6.61 Å². The lowest BCUT2D eigenvalue weighted by Crippen LogP contribution is -2.51. The Labute approximate surface area is 164 Å². The smallest absolute Gasteiger partial charge is 0.260 e. The van der Waals surface area contributed by atoms with Crippen LogP contribution < -0.4 is 4.74 Å². The van der Waals surface area contributed by atoms with Crippen molar-refractivity contribution >= 4 is 29.1 Å². The molecule has 0 aromatic heterocycles. The molecule has 6 heteroatoms. The van der Waals surface area contributed by atoms with Crippen LogP contribution in [0.1, 0.15) is 12.8 Å². The van der Waals surface area contributed by atoms with Crippen LogP contribution in [0.2, 0.25) is 10.0 Å². The van der Waals surface area contributed by atoms with Gasteiger partial charge in [0.05, 0.1) is 10.0 Å². The number of halogens is 2. The first-order chi connectivity index (χ1) is 12.6. The number of benzene rings is 1. The standard InChI is InChI=1S/C20H24Cl2N2O2/c21-18-4-3-17(11-19(18)22)26-13-20(25)24-7-5-23(6-8-24)12-16-10-14-1-2-15(16)9-14/h1-4,11,14-16H,5-10,12-13H2. The Morgan fingerprint density at radius 3 is 2.54 bits per heavy atom. The number of nitrogens with zero attached hydrogens (tertiary/aromatic N) is 2. The number of carbonyl (C=O) groups is 1. The zero-order chi connectivity index (χ0) is 18.1. The Morgan fingerprint density at radius 1 is 1.08 bits per heavy atom. The van der Waals surface area contributed by atoms with E-state index in [1.54, 1.807) is 18.2 Å². The number of carbonyl (C=O) groups excluding carboxylic acids is 1. The summed E-state index contributed by atoms with van der Waals surface area (Å²) in [6.45, 7) is 4.68. The number of piperazine rings is 1. The highest BCUT2D eigenvalue weighted by atomic mass is 35.5. The maximum atomic E-state index is 12.4. The van der Waals surface area contributed by atoms with E-state index in [1.807, 2.05) is 4.90 Å². The second-order valence-corrected chi connectivity index (χ2v) is 8.40. The minimum absolute atomic E-state index is 0.0265. The molecule has 2 bridgehead atoms. The molecule has 1 saturated carbocycles. The summed E-state index contributed by atoms with van der Waals surface area (Å²) in [6.07, 6.45) is 7.51. The van der Waals surface area contributed by atoms with E-state index in [4.69, 9.17) is 27.9 Å². The molecular weight excluding hydrogens is 371 g/mol. The van der Waals surface area contributed by atoms with Crippen molar-refractivity contribution in [3.8, 4) is 5.75 Å². The van der Waals surface area contributed by atoms with Crippen molar-refractivity contribution in [3.05, 3.63) is 40.4 Å². The molecule has 140 valence electrons. The first-order valence-electron chi connectivity index (χ1n) is 9.35. The number of rotatable bonds is 5. The van der Waals surface area contributed by atoms with E-state index < -0.39 is 0 Å². The highest BCUT2D eigenvalue weighted by molar-refractivity contribution is 6.42. The second-order valence-electron chi connectivity index (χ2n) is 7.59. The van der Waals surface area contributed by atoms with Crippen molar-refractivity contribution in [3.63, 3.8) is 0 Å². The second kappa shape index (κ2) is 7.79. The molecule has 4 nitrogen and oxygen atoms in total. The van der Waals surface area contributed by atoms with Crippen molar-refractivity contribution in [2.45, 2.75) is 12.8 Å². The summed E-state index contributed by atoms with van der Waals surface area (Å²) >= 11 is 11.9. The maximum absolute atomic E-state index is 12.4. The van der Waals surface area contributed by atoms with E-state index in [1.165, 1.54) is 19.4 Å². The molecule has 0 spiro atoms. The van der Waals surface area contributed by atoms with Crippen LogP contribution >= 0.6 is 23.2 Å². The summed E-state index contributed by atoms with van der Waals surface area (Å²) in [5.74, 6) is 3.02. The van der Waals surface area contributed by atoms with Crippen LogP contribution in [0.4, 0.5) is 0 Å². The van der Waals surface area contributed by atoms with Gasteiger partial charge in [0.1, 0.15) is 5.75 Å².